The van der Waals surface area contributed by atoms with E-state index in [1.807, 2.05) is 31.2 Å². The monoisotopic (exact) mass is 434 g/mol. The highest BCUT2D eigenvalue weighted by Crippen LogP contribution is 2.28. The van der Waals surface area contributed by atoms with Gasteiger partial charge in [-0.3, -0.25) is 4.79 Å². The highest BCUT2D eigenvalue weighted by molar-refractivity contribution is 7.99. The third kappa shape index (κ3) is 4.89. The molecule has 28 heavy (non-hydrogen) atoms. The average Bonchev–Trinajstić information content (AvgIpc) is 3.21. The SMILES string of the molecule is Cc1ccc(CNC(=O)CSc2ncc(S(=O)(=O)c3cccs3)c(N)n2)cc1. The molecule has 10 heteroatoms. The molecule has 3 aromatic rings. The molecule has 0 bridgehead atoms. The van der Waals surface area contributed by atoms with Crippen LogP contribution in [0.2, 0.25) is 0 Å². The van der Waals surface area contributed by atoms with E-state index in [0.717, 1.165) is 34.2 Å². The summed E-state index contributed by atoms with van der Waals surface area (Å²) in [6, 6.07) is 11.0. The Bertz CT molecular complexity index is 1070. The zero-order chi connectivity index (χ0) is 20.1. The van der Waals surface area contributed by atoms with Gasteiger partial charge in [-0.05, 0) is 23.9 Å². The molecule has 0 saturated heterocycles. The van der Waals surface area contributed by atoms with Crippen LogP contribution in [0.3, 0.4) is 0 Å². The summed E-state index contributed by atoms with van der Waals surface area (Å²) in [6.45, 7) is 2.43. The number of sulfone groups is 1. The number of carbonyl (C=O) groups excluding carboxylic acids is 1. The zero-order valence-corrected chi connectivity index (χ0v) is 17.4. The van der Waals surface area contributed by atoms with E-state index in [1.165, 1.54) is 12.3 Å². The number of rotatable bonds is 7. The Balaban J connectivity index is 1.58. The number of aromatic nitrogens is 2. The van der Waals surface area contributed by atoms with Gasteiger partial charge in [-0.25, -0.2) is 18.4 Å². The number of amides is 1. The van der Waals surface area contributed by atoms with Crippen LogP contribution >= 0.6 is 23.1 Å². The van der Waals surface area contributed by atoms with Crippen LogP contribution in [-0.4, -0.2) is 30.0 Å². The highest BCUT2D eigenvalue weighted by Gasteiger charge is 2.23. The first-order valence-corrected chi connectivity index (χ1v) is 11.6. The Morgan fingerprint density at radius 2 is 2.00 bits per heavy atom. The van der Waals surface area contributed by atoms with Gasteiger partial charge in [-0.15, -0.1) is 11.3 Å². The highest BCUT2D eigenvalue weighted by atomic mass is 32.2. The Kier molecular flexibility index (Phi) is 6.32. The van der Waals surface area contributed by atoms with Crippen molar-refractivity contribution >= 4 is 44.7 Å². The molecule has 3 N–H and O–H groups in total. The van der Waals surface area contributed by atoms with Crippen molar-refractivity contribution in [2.45, 2.75) is 27.7 Å². The predicted molar refractivity (Wildman–Crippen MR) is 110 cm³/mol. The second-order valence-corrected chi connectivity index (χ2v) is 9.92. The van der Waals surface area contributed by atoms with Crippen LogP contribution < -0.4 is 11.1 Å². The number of nitrogens with one attached hydrogen (secondary N) is 1. The van der Waals surface area contributed by atoms with Crippen LogP contribution in [0.4, 0.5) is 5.82 Å². The van der Waals surface area contributed by atoms with E-state index in [2.05, 4.69) is 15.3 Å². The molecule has 2 heterocycles. The summed E-state index contributed by atoms with van der Waals surface area (Å²) < 4.78 is 25.2. The maximum atomic E-state index is 12.5. The van der Waals surface area contributed by atoms with E-state index >= 15 is 0 Å². The van der Waals surface area contributed by atoms with Gasteiger partial charge in [0.25, 0.3) is 0 Å². The largest absolute Gasteiger partial charge is 0.382 e. The first-order chi connectivity index (χ1) is 13.4. The number of hydrogen-bond acceptors (Lipinski definition) is 8. The van der Waals surface area contributed by atoms with Crippen LogP contribution in [0.1, 0.15) is 11.1 Å². The normalized spacial score (nSPS) is 11.3. The standard InChI is InChI=1S/C18H18N4O3S3/c1-12-4-6-13(7-5-12)9-20-15(23)11-27-18-21-10-14(17(19)22-18)28(24,25)16-3-2-8-26-16/h2-8,10H,9,11H2,1H3,(H,20,23)(H2,19,21,22). The van der Waals surface area contributed by atoms with Crippen LogP contribution in [0.15, 0.2) is 62.2 Å². The molecule has 1 aromatic carbocycles. The Morgan fingerprint density at radius 3 is 2.64 bits per heavy atom. The predicted octanol–water partition coefficient (Wildman–Crippen LogP) is 2.67. The molecule has 0 fully saturated rings. The molecule has 0 radical (unpaired) electrons. The molecule has 7 nitrogen and oxygen atoms in total. The van der Waals surface area contributed by atoms with Crippen LogP contribution in [0.5, 0.6) is 0 Å². The van der Waals surface area contributed by atoms with Crippen molar-refractivity contribution in [1.29, 1.82) is 0 Å². The van der Waals surface area contributed by atoms with Gasteiger partial charge in [0.15, 0.2) is 5.16 Å². The first kappa shape index (κ1) is 20.3. The Labute approximate surface area is 171 Å². The molecule has 146 valence electrons. The maximum Gasteiger partial charge on any atom is 0.230 e. The fourth-order valence-electron chi connectivity index (χ4n) is 2.26. The van der Waals surface area contributed by atoms with E-state index < -0.39 is 9.84 Å². The Morgan fingerprint density at radius 1 is 1.25 bits per heavy atom. The summed E-state index contributed by atoms with van der Waals surface area (Å²) in [5.41, 5.74) is 7.99. The van der Waals surface area contributed by atoms with E-state index in [9.17, 15) is 13.2 Å². The van der Waals surface area contributed by atoms with Crippen molar-refractivity contribution in [1.82, 2.24) is 15.3 Å². The quantitative estimate of drug-likeness (QED) is 0.434. The van der Waals surface area contributed by atoms with Crippen LogP contribution in [0.25, 0.3) is 0 Å². The van der Waals surface area contributed by atoms with E-state index in [1.54, 1.807) is 11.4 Å². The molecular weight excluding hydrogens is 416 g/mol. The number of hydrogen-bond donors (Lipinski definition) is 2. The third-order valence-corrected chi connectivity index (χ3v) is 7.78. The van der Waals surface area contributed by atoms with Gasteiger partial charge in [0.1, 0.15) is 14.9 Å². The van der Waals surface area contributed by atoms with Crippen molar-refractivity contribution in [2.75, 3.05) is 11.5 Å². The summed E-state index contributed by atoms with van der Waals surface area (Å²) in [6.07, 6.45) is 1.18. The second-order valence-electron chi connectivity index (χ2n) is 5.89. The average molecular weight is 435 g/mol. The fraction of sp³-hybridized carbons (Fsp3) is 0.167. The van der Waals surface area contributed by atoms with Crippen LogP contribution in [0, 0.1) is 6.92 Å². The third-order valence-electron chi connectivity index (χ3n) is 3.75. The van der Waals surface area contributed by atoms with Gasteiger partial charge >= 0.3 is 0 Å². The van der Waals surface area contributed by atoms with E-state index in [4.69, 9.17) is 5.73 Å². The topological polar surface area (TPSA) is 115 Å². The minimum Gasteiger partial charge on any atom is -0.382 e. The molecule has 0 aliphatic carbocycles. The summed E-state index contributed by atoms with van der Waals surface area (Å²) in [5.74, 6) is -0.212. The van der Waals surface area contributed by atoms with E-state index in [0.29, 0.717) is 6.54 Å². The zero-order valence-electron chi connectivity index (χ0n) is 15.0. The molecule has 0 saturated carbocycles. The molecular formula is C18H18N4O3S3. The summed E-state index contributed by atoms with van der Waals surface area (Å²) in [7, 11) is -3.74. The first-order valence-electron chi connectivity index (χ1n) is 8.22. The summed E-state index contributed by atoms with van der Waals surface area (Å²) in [5, 5.41) is 4.73. The van der Waals surface area contributed by atoms with Gasteiger partial charge in [-0.2, -0.15) is 0 Å². The number of nitrogen functional groups attached to an aromatic ring is 1. The molecule has 1 amide bonds. The van der Waals surface area contributed by atoms with Crippen molar-refractivity contribution in [3.63, 3.8) is 0 Å². The number of thiophene rings is 1. The van der Waals surface area contributed by atoms with Crippen molar-refractivity contribution in [3.8, 4) is 0 Å². The van der Waals surface area contributed by atoms with Gasteiger partial charge in [0.05, 0.1) is 11.9 Å². The van der Waals surface area contributed by atoms with Crippen molar-refractivity contribution < 1.29 is 13.2 Å². The smallest absolute Gasteiger partial charge is 0.230 e. The number of thioether (sulfide) groups is 1. The number of anilines is 1. The molecule has 0 atom stereocenters. The fourth-order valence-corrected chi connectivity index (χ4v) is 5.29. The van der Waals surface area contributed by atoms with Crippen molar-refractivity contribution in [3.05, 3.63) is 59.1 Å². The molecule has 0 aliphatic heterocycles. The van der Waals surface area contributed by atoms with Gasteiger partial charge < -0.3 is 11.1 Å². The minimum absolute atomic E-state index is 0.0995. The van der Waals surface area contributed by atoms with Gasteiger partial charge in [-0.1, -0.05) is 47.7 Å². The van der Waals surface area contributed by atoms with Crippen molar-refractivity contribution in [2.24, 2.45) is 0 Å². The number of nitrogens with two attached hydrogens (primary N) is 1. The van der Waals surface area contributed by atoms with Gasteiger partial charge in [0, 0.05) is 6.54 Å². The number of benzene rings is 1. The molecule has 2 aromatic heterocycles. The molecule has 0 aliphatic rings. The lowest BCUT2D eigenvalue weighted by Gasteiger charge is -2.07. The number of nitrogens with zero attached hydrogens (tertiary/aromatic N) is 2. The minimum atomic E-state index is -3.74. The Hall–Kier alpha value is -2.43. The number of carbonyl (C=O) groups is 1. The molecule has 0 spiro atoms. The van der Waals surface area contributed by atoms with E-state index in [-0.39, 0.29) is 31.7 Å². The maximum absolute atomic E-state index is 12.5. The summed E-state index contributed by atoms with van der Waals surface area (Å²) >= 11 is 2.19. The second kappa shape index (κ2) is 8.72. The molecule has 3 rings (SSSR count). The number of aryl methyl sites for hydroxylation is 1. The van der Waals surface area contributed by atoms with Crippen LogP contribution in [-0.2, 0) is 21.2 Å². The summed E-state index contributed by atoms with van der Waals surface area (Å²) in [4.78, 5) is 19.9. The van der Waals surface area contributed by atoms with Gasteiger partial charge in [0.2, 0.25) is 15.7 Å². The molecule has 0 unspecified atom stereocenters. The lowest BCUT2D eigenvalue weighted by atomic mass is 10.1. The lowest BCUT2D eigenvalue weighted by Crippen LogP contribution is -2.24. The lowest BCUT2D eigenvalue weighted by molar-refractivity contribution is -0.118.